The Kier molecular flexibility index (Phi) is 6.74. The molecule has 0 saturated carbocycles. The van der Waals surface area contributed by atoms with Gasteiger partial charge in [0, 0.05) is 30.5 Å². The minimum absolute atomic E-state index is 0.0227. The highest BCUT2D eigenvalue weighted by molar-refractivity contribution is 5.86. The van der Waals surface area contributed by atoms with Crippen molar-refractivity contribution in [3.8, 4) is 11.6 Å². The van der Waals surface area contributed by atoms with E-state index in [1.807, 2.05) is 30.7 Å². The summed E-state index contributed by atoms with van der Waals surface area (Å²) in [4.78, 5) is 17.3. The van der Waals surface area contributed by atoms with Crippen molar-refractivity contribution < 1.29 is 14.3 Å². The molecule has 170 valence electrons. The molecule has 1 N–H and O–H groups in total. The zero-order valence-corrected chi connectivity index (χ0v) is 19.4. The van der Waals surface area contributed by atoms with Crippen LogP contribution in [0.15, 0.2) is 24.3 Å². The smallest absolute Gasteiger partial charge is 0.220 e. The summed E-state index contributed by atoms with van der Waals surface area (Å²) in [5.41, 5.74) is 5.89. The minimum Gasteiger partial charge on any atom is -0.478 e. The summed E-state index contributed by atoms with van der Waals surface area (Å²) in [6.07, 6.45) is 3.17. The second kappa shape index (κ2) is 9.69. The SMILES string of the molecule is CCOc1nc2c(c(C)nn2-c2ccc(C)cc2)c(C)c1CCC(=O)NCC1CCCO1. The molecule has 1 unspecified atom stereocenters. The Morgan fingerprint density at radius 3 is 2.72 bits per heavy atom. The first-order valence-electron chi connectivity index (χ1n) is 11.4. The largest absolute Gasteiger partial charge is 0.478 e. The van der Waals surface area contributed by atoms with Crippen LogP contribution in [0.25, 0.3) is 16.7 Å². The van der Waals surface area contributed by atoms with E-state index >= 15 is 0 Å². The quantitative estimate of drug-likeness (QED) is 0.578. The molecule has 1 aliphatic heterocycles. The van der Waals surface area contributed by atoms with Crippen molar-refractivity contribution in [3.63, 3.8) is 0 Å². The van der Waals surface area contributed by atoms with Gasteiger partial charge in [0.25, 0.3) is 0 Å². The van der Waals surface area contributed by atoms with Crippen LogP contribution in [0.3, 0.4) is 0 Å². The van der Waals surface area contributed by atoms with Crippen molar-refractivity contribution >= 4 is 16.9 Å². The van der Waals surface area contributed by atoms with Gasteiger partial charge in [-0.1, -0.05) is 17.7 Å². The number of hydrogen-bond donors (Lipinski definition) is 1. The number of pyridine rings is 1. The molecule has 1 amide bonds. The van der Waals surface area contributed by atoms with Crippen LogP contribution in [0.4, 0.5) is 0 Å². The van der Waals surface area contributed by atoms with Crippen LogP contribution >= 0.6 is 0 Å². The molecule has 0 bridgehead atoms. The highest BCUT2D eigenvalue weighted by Crippen LogP contribution is 2.32. The minimum atomic E-state index is 0.0227. The molecule has 0 radical (unpaired) electrons. The standard InChI is InChI=1S/C25H32N4O3/c1-5-31-25-21(12-13-22(30)26-15-20-7-6-14-32-20)17(3)23-18(4)28-29(24(23)27-25)19-10-8-16(2)9-11-19/h8-11,20H,5-7,12-15H2,1-4H3,(H,26,30). The molecule has 1 aliphatic rings. The number of carbonyl (C=O) groups excluding carboxylic acids is 1. The number of hydrogen-bond acceptors (Lipinski definition) is 5. The number of amides is 1. The Bertz CT molecular complexity index is 1100. The molecule has 4 rings (SSSR count). The van der Waals surface area contributed by atoms with Gasteiger partial charge in [0.15, 0.2) is 5.65 Å². The summed E-state index contributed by atoms with van der Waals surface area (Å²) < 4.78 is 13.4. The monoisotopic (exact) mass is 436 g/mol. The lowest BCUT2D eigenvalue weighted by Gasteiger charge is -2.15. The first kappa shape index (κ1) is 22.3. The molecule has 7 heteroatoms. The van der Waals surface area contributed by atoms with E-state index in [1.54, 1.807) is 0 Å². The molecule has 1 atom stereocenters. The van der Waals surface area contributed by atoms with Crippen molar-refractivity contribution in [2.24, 2.45) is 0 Å². The summed E-state index contributed by atoms with van der Waals surface area (Å²) in [7, 11) is 0. The van der Waals surface area contributed by atoms with Gasteiger partial charge in [0.2, 0.25) is 11.8 Å². The third-order valence-corrected chi connectivity index (χ3v) is 6.04. The zero-order chi connectivity index (χ0) is 22.7. The highest BCUT2D eigenvalue weighted by Gasteiger charge is 2.21. The maximum Gasteiger partial charge on any atom is 0.220 e. The fourth-order valence-corrected chi connectivity index (χ4v) is 4.31. The van der Waals surface area contributed by atoms with Gasteiger partial charge >= 0.3 is 0 Å². The van der Waals surface area contributed by atoms with E-state index in [1.165, 1.54) is 5.56 Å². The summed E-state index contributed by atoms with van der Waals surface area (Å²) >= 11 is 0. The Labute approximate surface area is 189 Å². The number of rotatable bonds is 8. The van der Waals surface area contributed by atoms with Gasteiger partial charge in [-0.2, -0.15) is 10.1 Å². The second-order valence-corrected chi connectivity index (χ2v) is 8.42. The number of nitrogens with one attached hydrogen (secondary N) is 1. The van der Waals surface area contributed by atoms with Crippen LogP contribution in [-0.2, 0) is 16.0 Å². The van der Waals surface area contributed by atoms with Crippen LogP contribution in [0.2, 0.25) is 0 Å². The lowest BCUT2D eigenvalue weighted by Crippen LogP contribution is -2.31. The number of fused-ring (bicyclic) bond motifs is 1. The summed E-state index contributed by atoms with van der Waals surface area (Å²) in [6.45, 7) is 9.96. The Hall–Kier alpha value is -2.93. The molecule has 0 spiro atoms. The first-order valence-corrected chi connectivity index (χ1v) is 11.4. The molecule has 0 aliphatic carbocycles. The Morgan fingerprint density at radius 2 is 2.03 bits per heavy atom. The first-order chi connectivity index (χ1) is 15.5. The highest BCUT2D eigenvalue weighted by atomic mass is 16.5. The summed E-state index contributed by atoms with van der Waals surface area (Å²) in [5.74, 6) is 0.604. The van der Waals surface area contributed by atoms with Crippen molar-refractivity contribution in [2.45, 2.75) is 59.5 Å². The summed E-state index contributed by atoms with van der Waals surface area (Å²) in [5, 5.41) is 8.79. The Morgan fingerprint density at radius 1 is 1.25 bits per heavy atom. The number of carbonyl (C=O) groups is 1. The van der Waals surface area contributed by atoms with Gasteiger partial charge in [0.05, 0.1) is 24.1 Å². The van der Waals surface area contributed by atoms with Crippen molar-refractivity contribution in [3.05, 3.63) is 46.6 Å². The number of ether oxygens (including phenoxy) is 2. The van der Waals surface area contributed by atoms with Crippen molar-refractivity contribution in [2.75, 3.05) is 19.8 Å². The molecule has 7 nitrogen and oxygen atoms in total. The van der Waals surface area contributed by atoms with Crippen LogP contribution in [-0.4, -0.2) is 46.5 Å². The lowest BCUT2D eigenvalue weighted by molar-refractivity contribution is -0.121. The van der Waals surface area contributed by atoms with Crippen LogP contribution < -0.4 is 10.1 Å². The normalized spacial score (nSPS) is 15.9. The van der Waals surface area contributed by atoms with E-state index in [9.17, 15) is 4.79 Å². The fourth-order valence-electron chi connectivity index (χ4n) is 4.31. The molecule has 3 heterocycles. The van der Waals surface area contributed by atoms with E-state index in [-0.39, 0.29) is 12.0 Å². The van der Waals surface area contributed by atoms with E-state index in [0.717, 1.165) is 53.0 Å². The molecule has 3 aromatic rings. The van der Waals surface area contributed by atoms with Gasteiger partial charge in [-0.3, -0.25) is 4.79 Å². The predicted molar refractivity (Wildman–Crippen MR) is 125 cm³/mol. The molecule has 1 fully saturated rings. The van der Waals surface area contributed by atoms with Gasteiger partial charge in [-0.05, 0) is 64.7 Å². The van der Waals surface area contributed by atoms with E-state index in [4.69, 9.17) is 19.6 Å². The van der Waals surface area contributed by atoms with Gasteiger partial charge < -0.3 is 14.8 Å². The van der Waals surface area contributed by atoms with E-state index in [0.29, 0.717) is 31.9 Å². The molecule has 1 aromatic carbocycles. The van der Waals surface area contributed by atoms with Gasteiger partial charge in [0.1, 0.15) is 0 Å². The van der Waals surface area contributed by atoms with Crippen LogP contribution in [0.5, 0.6) is 5.88 Å². The van der Waals surface area contributed by atoms with Gasteiger partial charge in [-0.15, -0.1) is 0 Å². The fraction of sp³-hybridized carbons (Fsp3) is 0.480. The van der Waals surface area contributed by atoms with E-state index < -0.39 is 0 Å². The maximum absolute atomic E-state index is 12.5. The average molecular weight is 437 g/mol. The predicted octanol–water partition coefficient (Wildman–Crippen LogP) is 3.97. The molecular formula is C25H32N4O3. The Balaban J connectivity index is 1.61. The third kappa shape index (κ3) is 4.63. The third-order valence-electron chi connectivity index (χ3n) is 6.04. The summed E-state index contributed by atoms with van der Waals surface area (Å²) in [6, 6.07) is 8.23. The molecule has 1 saturated heterocycles. The number of benzene rings is 1. The van der Waals surface area contributed by atoms with Crippen LogP contribution in [0.1, 0.15) is 48.6 Å². The second-order valence-electron chi connectivity index (χ2n) is 8.42. The van der Waals surface area contributed by atoms with E-state index in [2.05, 4.69) is 31.3 Å². The maximum atomic E-state index is 12.5. The lowest BCUT2D eigenvalue weighted by atomic mass is 10.0. The topological polar surface area (TPSA) is 78.3 Å². The molecule has 2 aromatic heterocycles. The average Bonchev–Trinajstić information content (AvgIpc) is 3.41. The zero-order valence-electron chi connectivity index (χ0n) is 19.4. The van der Waals surface area contributed by atoms with Crippen LogP contribution in [0, 0.1) is 20.8 Å². The van der Waals surface area contributed by atoms with Gasteiger partial charge in [-0.25, -0.2) is 4.68 Å². The number of aromatic nitrogens is 3. The molecule has 32 heavy (non-hydrogen) atoms. The van der Waals surface area contributed by atoms with Crippen molar-refractivity contribution in [1.29, 1.82) is 0 Å². The van der Waals surface area contributed by atoms with Crippen molar-refractivity contribution in [1.82, 2.24) is 20.1 Å². The number of aryl methyl sites for hydroxylation is 3. The number of nitrogens with zero attached hydrogens (tertiary/aromatic N) is 3. The molecular weight excluding hydrogens is 404 g/mol.